The van der Waals surface area contributed by atoms with Gasteiger partial charge in [-0.2, -0.15) is 0 Å². The number of hydrogen-bond acceptors (Lipinski definition) is 7. The molecule has 0 saturated heterocycles. The molecule has 0 N–H and O–H groups in total. The molecule has 0 aliphatic carbocycles. The first-order valence-electron chi connectivity index (χ1n) is 6.36. The predicted octanol–water partition coefficient (Wildman–Crippen LogP) is 2.60. The fourth-order valence-corrected chi connectivity index (χ4v) is 3.89. The molecule has 0 spiro atoms. The summed E-state index contributed by atoms with van der Waals surface area (Å²) in [6.45, 7) is 5.72. The van der Waals surface area contributed by atoms with Gasteiger partial charge in [0.25, 0.3) is 5.56 Å². The first-order chi connectivity index (χ1) is 9.97. The summed E-state index contributed by atoms with van der Waals surface area (Å²) in [5.74, 6) is 1.56. The SMILES string of the molecule is Cc1nnc(CSc2nc3sc(C)c(C)c3c(=O)n2C)o1. The highest BCUT2D eigenvalue weighted by Gasteiger charge is 2.15. The molecule has 0 atom stereocenters. The van der Waals surface area contributed by atoms with Gasteiger partial charge in [-0.15, -0.1) is 21.5 Å². The fraction of sp³-hybridized carbons (Fsp3) is 0.385. The summed E-state index contributed by atoms with van der Waals surface area (Å²) in [4.78, 5) is 19.0. The van der Waals surface area contributed by atoms with E-state index in [1.807, 2.05) is 13.8 Å². The van der Waals surface area contributed by atoms with Crippen LogP contribution in [0, 0.1) is 20.8 Å². The monoisotopic (exact) mass is 322 g/mol. The van der Waals surface area contributed by atoms with E-state index in [0.717, 1.165) is 20.7 Å². The Morgan fingerprint density at radius 2 is 2.05 bits per heavy atom. The number of aromatic nitrogens is 4. The Labute approximate surface area is 129 Å². The lowest BCUT2D eigenvalue weighted by molar-refractivity contribution is 0.485. The molecule has 8 heteroatoms. The van der Waals surface area contributed by atoms with Gasteiger partial charge in [-0.1, -0.05) is 11.8 Å². The number of rotatable bonds is 3. The number of hydrogen-bond donors (Lipinski definition) is 0. The van der Waals surface area contributed by atoms with Crippen LogP contribution >= 0.6 is 23.1 Å². The van der Waals surface area contributed by atoms with Crippen molar-refractivity contribution in [2.24, 2.45) is 7.05 Å². The highest BCUT2D eigenvalue weighted by atomic mass is 32.2. The minimum Gasteiger partial charge on any atom is -0.425 e. The molecular weight excluding hydrogens is 308 g/mol. The number of fused-ring (bicyclic) bond motifs is 1. The standard InChI is InChI=1S/C13H14N4O2S2/c1-6-7(2)21-11-10(6)12(18)17(4)13(14-11)20-5-9-16-15-8(3)19-9/h5H2,1-4H3. The van der Waals surface area contributed by atoms with Crippen molar-refractivity contribution in [1.29, 1.82) is 0 Å². The second-order valence-corrected chi connectivity index (χ2v) is 6.87. The summed E-state index contributed by atoms with van der Waals surface area (Å²) in [6, 6.07) is 0. The molecule has 21 heavy (non-hydrogen) atoms. The predicted molar refractivity (Wildman–Crippen MR) is 82.9 cm³/mol. The van der Waals surface area contributed by atoms with Crippen LogP contribution < -0.4 is 5.56 Å². The summed E-state index contributed by atoms with van der Waals surface area (Å²) in [7, 11) is 1.74. The van der Waals surface area contributed by atoms with Crippen molar-refractivity contribution in [2.45, 2.75) is 31.7 Å². The Morgan fingerprint density at radius 3 is 2.71 bits per heavy atom. The van der Waals surface area contributed by atoms with E-state index in [-0.39, 0.29) is 5.56 Å². The van der Waals surface area contributed by atoms with E-state index >= 15 is 0 Å². The van der Waals surface area contributed by atoms with Crippen molar-refractivity contribution >= 4 is 33.3 Å². The van der Waals surface area contributed by atoms with Crippen LogP contribution in [-0.2, 0) is 12.8 Å². The first-order valence-corrected chi connectivity index (χ1v) is 8.16. The number of thioether (sulfide) groups is 1. The summed E-state index contributed by atoms with van der Waals surface area (Å²) < 4.78 is 6.91. The second-order valence-electron chi connectivity index (χ2n) is 4.73. The van der Waals surface area contributed by atoms with Crippen LogP contribution in [0.15, 0.2) is 14.4 Å². The maximum absolute atomic E-state index is 12.5. The first kappa shape index (κ1) is 14.3. The highest BCUT2D eigenvalue weighted by Crippen LogP contribution is 2.28. The molecule has 0 aliphatic heterocycles. The van der Waals surface area contributed by atoms with Gasteiger partial charge in [0.1, 0.15) is 4.83 Å². The fourth-order valence-electron chi connectivity index (χ4n) is 2.01. The van der Waals surface area contributed by atoms with E-state index < -0.39 is 0 Å². The average molecular weight is 322 g/mol. The lowest BCUT2D eigenvalue weighted by atomic mass is 10.2. The van der Waals surface area contributed by atoms with Crippen molar-refractivity contribution in [1.82, 2.24) is 19.7 Å². The number of nitrogens with zero attached hydrogens (tertiary/aromatic N) is 4. The third-order valence-corrected chi connectivity index (χ3v) is 5.38. The van der Waals surface area contributed by atoms with Crippen molar-refractivity contribution in [3.63, 3.8) is 0 Å². The van der Waals surface area contributed by atoms with Crippen LogP contribution in [0.1, 0.15) is 22.2 Å². The molecule has 110 valence electrons. The van der Waals surface area contributed by atoms with Crippen molar-refractivity contribution < 1.29 is 4.42 Å². The molecular formula is C13H14N4O2S2. The molecule has 0 saturated carbocycles. The minimum absolute atomic E-state index is 0.00828. The van der Waals surface area contributed by atoms with Crippen LogP contribution in [0.3, 0.4) is 0 Å². The zero-order valence-electron chi connectivity index (χ0n) is 12.1. The Morgan fingerprint density at radius 1 is 1.29 bits per heavy atom. The molecule has 3 aromatic rings. The van der Waals surface area contributed by atoms with Gasteiger partial charge >= 0.3 is 0 Å². The molecule has 3 rings (SSSR count). The minimum atomic E-state index is -0.00828. The van der Waals surface area contributed by atoms with Gasteiger partial charge in [-0.3, -0.25) is 9.36 Å². The van der Waals surface area contributed by atoms with E-state index in [0.29, 0.717) is 22.7 Å². The summed E-state index contributed by atoms with van der Waals surface area (Å²) in [5.41, 5.74) is 1.01. The zero-order chi connectivity index (χ0) is 15.1. The lowest BCUT2D eigenvalue weighted by Gasteiger charge is -2.05. The lowest BCUT2D eigenvalue weighted by Crippen LogP contribution is -2.19. The van der Waals surface area contributed by atoms with Gasteiger partial charge in [0.2, 0.25) is 11.8 Å². The van der Waals surface area contributed by atoms with E-state index in [9.17, 15) is 4.79 Å². The van der Waals surface area contributed by atoms with E-state index in [4.69, 9.17) is 4.42 Å². The van der Waals surface area contributed by atoms with Crippen LogP contribution in [0.5, 0.6) is 0 Å². The quantitative estimate of drug-likeness (QED) is 0.545. The van der Waals surface area contributed by atoms with E-state index in [1.54, 1.807) is 29.9 Å². The third-order valence-electron chi connectivity index (χ3n) is 3.26. The maximum atomic E-state index is 12.5. The Kier molecular flexibility index (Phi) is 3.58. The smallest absolute Gasteiger partial charge is 0.262 e. The summed E-state index contributed by atoms with van der Waals surface area (Å²) in [5, 5.41) is 9.11. The highest BCUT2D eigenvalue weighted by molar-refractivity contribution is 7.98. The van der Waals surface area contributed by atoms with Crippen molar-refractivity contribution in [3.05, 3.63) is 32.6 Å². The molecule has 3 aromatic heterocycles. The second kappa shape index (κ2) is 5.27. The molecule has 0 bridgehead atoms. The van der Waals surface area contributed by atoms with Crippen LogP contribution in [0.25, 0.3) is 10.2 Å². The van der Waals surface area contributed by atoms with Gasteiger partial charge in [-0.25, -0.2) is 4.98 Å². The number of aryl methyl sites for hydroxylation is 3. The molecule has 6 nitrogen and oxygen atoms in total. The Bertz CT molecular complexity index is 878. The summed E-state index contributed by atoms with van der Waals surface area (Å²) in [6.07, 6.45) is 0. The molecule has 3 heterocycles. The van der Waals surface area contributed by atoms with Gasteiger partial charge in [0.15, 0.2) is 5.16 Å². The molecule has 0 radical (unpaired) electrons. The zero-order valence-corrected chi connectivity index (χ0v) is 13.8. The van der Waals surface area contributed by atoms with Gasteiger partial charge < -0.3 is 4.42 Å². The third kappa shape index (κ3) is 2.49. The Hall–Kier alpha value is -1.67. The molecule has 0 aliphatic rings. The maximum Gasteiger partial charge on any atom is 0.262 e. The number of thiophene rings is 1. The summed E-state index contributed by atoms with van der Waals surface area (Å²) >= 11 is 2.97. The Balaban J connectivity index is 1.99. The molecule has 0 aromatic carbocycles. The van der Waals surface area contributed by atoms with E-state index in [2.05, 4.69) is 15.2 Å². The normalized spacial score (nSPS) is 11.4. The van der Waals surface area contributed by atoms with Gasteiger partial charge in [0.05, 0.1) is 11.1 Å². The van der Waals surface area contributed by atoms with Crippen molar-refractivity contribution in [3.8, 4) is 0 Å². The van der Waals surface area contributed by atoms with E-state index in [1.165, 1.54) is 11.8 Å². The topological polar surface area (TPSA) is 73.8 Å². The molecule has 0 fully saturated rings. The largest absolute Gasteiger partial charge is 0.425 e. The molecule has 0 amide bonds. The van der Waals surface area contributed by atoms with Crippen molar-refractivity contribution in [2.75, 3.05) is 0 Å². The van der Waals surface area contributed by atoms with Crippen LogP contribution in [0.4, 0.5) is 0 Å². The molecule has 0 unspecified atom stereocenters. The average Bonchev–Trinajstić information content (AvgIpc) is 2.97. The van der Waals surface area contributed by atoms with Crippen LogP contribution in [-0.4, -0.2) is 19.7 Å². The van der Waals surface area contributed by atoms with Gasteiger partial charge in [-0.05, 0) is 19.4 Å². The van der Waals surface area contributed by atoms with Crippen LogP contribution in [0.2, 0.25) is 0 Å². The van der Waals surface area contributed by atoms with Gasteiger partial charge in [0, 0.05) is 18.8 Å².